The summed E-state index contributed by atoms with van der Waals surface area (Å²) in [4.78, 5) is 31.1. The van der Waals surface area contributed by atoms with Gasteiger partial charge in [0.15, 0.2) is 11.8 Å². The average Bonchev–Trinajstić information content (AvgIpc) is 2.10. The van der Waals surface area contributed by atoms with Gasteiger partial charge in [-0.2, -0.15) is 0 Å². The van der Waals surface area contributed by atoms with Crippen LogP contribution < -0.4 is 5.32 Å². The van der Waals surface area contributed by atoms with Gasteiger partial charge in [0.25, 0.3) is 0 Å². The Bertz CT molecular complexity index is 210. The van der Waals surface area contributed by atoms with Gasteiger partial charge in [-0.15, -0.1) is 0 Å². The number of carboxylic acids is 1. The second-order valence-electron chi connectivity index (χ2n) is 1.98. The van der Waals surface area contributed by atoms with Crippen LogP contribution in [0.25, 0.3) is 0 Å². The third-order valence-electron chi connectivity index (χ3n) is 1.21. The lowest BCUT2D eigenvalue weighted by Gasteiger charge is -1.98. The summed E-state index contributed by atoms with van der Waals surface area (Å²) < 4.78 is 0. The van der Waals surface area contributed by atoms with E-state index in [2.05, 4.69) is 0 Å². The van der Waals surface area contributed by atoms with E-state index in [1.54, 1.807) is 0 Å². The summed E-state index contributed by atoms with van der Waals surface area (Å²) in [7, 11) is 0. The molecule has 10 heavy (non-hydrogen) atoms. The van der Waals surface area contributed by atoms with Crippen molar-refractivity contribution in [3.8, 4) is 0 Å². The molecule has 1 saturated heterocycles. The second-order valence-corrected chi connectivity index (χ2v) is 1.98. The van der Waals surface area contributed by atoms with Crippen LogP contribution in [0.5, 0.6) is 0 Å². The van der Waals surface area contributed by atoms with E-state index in [9.17, 15) is 14.4 Å². The first-order chi connectivity index (χ1) is 4.61. The summed E-state index contributed by atoms with van der Waals surface area (Å²) >= 11 is 0. The zero-order valence-corrected chi connectivity index (χ0v) is 4.96. The predicted molar refractivity (Wildman–Crippen MR) is 29.2 cm³/mol. The number of rotatable bonds is 1. The molecule has 5 heteroatoms. The number of aliphatic carboxylic acids is 1. The van der Waals surface area contributed by atoms with Crippen molar-refractivity contribution in [1.29, 1.82) is 0 Å². The summed E-state index contributed by atoms with van der Waals surface area (Å²) in [5.41, 5.74) is 0. The maximum Gasteiger partial charge on any atom is 0.334 e. The van der Waals surface area contributed by atoms with E-state index >= 15 is 0 Å². The molecule has 1 rings (SSSR count). The van der Waals surface area contributed by atoms with Gasteiger partial charge in [-0.25, -0.2) is 4.79 Å². The fraction of sp³-hybridized carbons (Fsp3) is 0.400. The molecule has 1 atom stereocenters. The number of hydrogen-bond acceptors (Lipinski definition) is 3. The first-order valence-electron chi connectivity index (χ1n) is 2.66. The Morgan fingerprint density at radius 1 is 1.60 bits per heavy atom. The summed E-state index contributed by atoms with van der Waals surface area (Å²) in [5, 5.41) is 10.3. The number of hydrogen-bond donors (Lipinski definition) is 2. The van der Waals surface area contributed by atoms with Crippen molar-refractivity contribution in [2.75, 3.05) is 0 Å². The molecule has 0 aromatic carbocycles. The molecule has 0 radical (unpaired) electrons. The Morgan fingerprint density at radius 3 is 2.40 bits per heavy atom. The Hall–Kier alpha value is -1.39. The zero-order valence-electron chi connectivity index (χ0n) is 4.96. The van der Waals surface area contributed by atoms with Gasteiger partial charge in [-0.05, 0) is 0 Å². The van der Waals surface area contributed by atoms with Crippen LogP contribution in [0.2, 0.25) is 0 Å². The quantitative estimate of drug-likeness (QED) is 0.439. The highest BCUT2D eigenvalue weighted by Crippen LogP contribution is 2.01. The maximum absolute atomic E-state index is 10.6. The molecule has 0 aliphatic carbocycles. The molecule has 1 amide bonds. The van der Waals surface area contributed by atoms with Crippen molar-refractivity contribution < 1.29 is 19.5 Å². The van der Waals surface area contributed by atoms with E-state index in [0.29, 0.717) is 0 Å². The molecular weight excluding hydrogens is 138 g/mol. The molecule has 0 saturated carbocycles. The van der Waals surface area contributed by atoms with Crippen molar-refractivity contribution in [2.24, 2.45) is 0 Å². The molecule has 0 aromatic rings. The summed E-state index contributed by atoms with van der Waals surface area (Å²) in [6.07, 6.45) is -0.309. The summed E-state index contributed by atoms with van der Waals surface area (Å²) in [5.74, 6) is -2.38. The second kappa shape index (κ2) is 2.09. The van der Waals surface area contributed by atoms with E-state index in [-0.39, 0.29) is 6.42 Å². The Labute approximate surface area is 56.0 Å². The van der Waals surface area contributed by atoms with E-state index in [1.807, 2.05) is 5.32 Å². The lowest BCUT2D eigenvalue weighted by Crippen LogP contribution is -2.36. The number of amides is 1. The van der Waals surface area contributed by atoms with E-state index < -0.39 is 23.7 Å². The van der Waals surface area contributed by atoms with E-state index in [1.165, 1.54) is 0 Å². The maximum atomic E-state index is 10.6. The topological polar surface area (TPSA) is 83.5 Å². The first-order valence-corrected chi connectivity index (χ1v) is 2.66. The van der Waals surface area contributed by atoms with E-state index in [4.69, 9.17) is 5.11 Å². The minimum absolute atomic E-state index is 0.309. The standard InChI is InChI=1S/C5H5NO4/c7-2-1-3(8)6-4(2)5(9)10/h4H,1H2,(H,6,8)(H,9,10)/t4-/m0/s1. The first kappa shape index (κ1) is 6.73. The summed E-state index contributed by atoms with van der Waals surface area (Å²) in [6, 6.07) is -1.31. The molecule has 0 unspecified atom stereocenters. The lowest BCUT2D eigenvalue weighted by atomic mass is 10.2. The number of nitrogens with one attached hydrogen (secondary N) is 1. The number of carbonyl (C=O) groups is 3. The monoisotopic (exact) mass is 143 g/mol. The van der Waals surface area contributed by atoms with Gasteiger partial charge < -0.3 is 10.4 Å². The fourth-order valence-electron chi connectivity index (χ4n) is 0.752. The van der Waals surface area contributed by atoms with Gasteiger partial charge >= 0.3 is 5.97 Å². The van der Waals surface area contributed by atoms with Crippen molar-refractivity contribution in [3.05, 3.63) is 0 Å². The number of carboxylic acid groups (broad SMARTS) is 1. The predicted octanol–water partition coefficient (Wildman–Crippen LogP) is -1.47. The number of carbonyl (C=O) groups excluding carboxylic acids is 2. The van der Waals surface area contributed by atoms with Crippen LogP contribution in [0.3, 0.4) is 0 Å². The molecule has 5 nitrogen and oxygen atoms in total. The van der Waals surface area contributed by atoms with Gasteiger partial charge in [-0.3, -0.25) is 9.59 Å². The third-order valence-corrected chi connectivity index (χ3v) is 1.21. The molecule has 1 aliphatic rings. The molecule has 2 N–H and O–H groups in total. The minimum Gasteiger partial charge on any atom is -0.479 e. The van der Waals surface area contributed by atoms with Gasteiger partial charge in [0.1, 0.15) is 0 Å². The van der Waals surface area contributed by atoms with Gasteiger partial charge in [-0.1, -0.05) is 0 Å². The van der Waals surface area contributed by atoms with Gasteiger partial charge in [0.2, 0.25) is 5.91 Å². The minimum atomic E-state index is -1.31. The van der Waals surface area contributed by atoms with Crippen molar-refractivity contribution >= 4 is 17.7 Å². The number of ketones is 1. The molecule has 0 spiro atoms. The Morgan fingerprint density at radius 2 is 2.20 bits per heavy atom. The Kier molecular flexibility index (Phi) is 1.41. The molecule has 1 aliphatic heterocycles. The zero-order chi connectivity index (χ0) is 7.72. The van der Waals surface area contributed by atoms with Crippen LogP contribution in [-0.4, -0.2) is 28.8 Å². The molecule has 54 valence electrons. The van der Waals surface area contributed by atoms with Crippen molar-refractivity contribution in [3.63, 3.8) is 0 Å². The van der Waals surface area contributed by atoms with Crippen LogP contribution >= 0.6 is 0 Å². The lowest BCUT2D eigenvalue weighted by molar-refractivity contribution is -0.142. The van der Waals surface area contributed by atoms with Crippen LogP contribution in [0.1, 0.15) is 6.42 Å². The van der Waals surface area contributed by atoms with Crippen LogP contribution in [0.4, 0.5) is 0 Å². The third kappa shape index (κ3) is 0.975. The smallest absolute Gasteiger partial charge is 0.334 e. The molecule has 1 heterocycles. The highest BCUT2D eigenvalue weighted by Gasteiger charge is 2.35. The molecule has 0 aromatic heterocycles. The van der Waals surface area contributed by atoms with Gasteiger partial charge in [0.05, 0.1) is 6.42 Å². The van der Waals surface area contributed by atoms with E-state index in [0.717, 1.165) is 0 Å². The van der Waals surface area contributed by atoms with Crippen molar-refractivity contribution in [2.45, 2.75) is 12.5 Å². The largest absolute Gasteiger partial charge is 0.479 e. The van der Waals surface area contributed by atoms with Crippen LogP contribution in [0.15, 0.2) is 0 Å². The highest BCUT2D eigenvalue weighted by atomic mass is 16.4. The molecule has 0 bridgehead atoms. The molecule has 1 fully saturated rings. The van der Waals surface area contributed by atoms with Gasteiger partial charge in [0, 0.05) is 0 Å². The fourth-order valence-corrected chi connectivity index (χ4v) is 0.752. The summed E-state index contributed by atoms with van der Waals surface area (Å²) in [6.45, 7) is 0. The van der Waals surface area contributed by atoms with Crippen LogP contribution in [-0.2, 0) is 14.4 Å². The Balaban J connectivity index is 2.72. The van der Waals surface area contributed by atoms with Crippen molar-refractivity contribution in [1.82, 2.24) is 5.32 Å². The number of Topliss-reactive ketones (excluding diaryl/α,β-unsaturated/α-hetero) is 1. The van der Waals surface area contributed by atoms with Crippen LogP contribution in [0, 0.1) is 0 Å². The SMILES string of the molecule is O=C1CC(=O)[C@@H](C(=O)O)N1. The highest BCUT2D eigenvalue weighted by molar-refractivity contribution is 6.16. The normalized spacial score (nSPS) is 24.6. The average molecular weight is 143 g/mol. The molecular formula is C5H5NO4.